The summed E-state index contributed by atoms with van der Waals surface area (Å²) in [5.74, 6) is 0.348. The lowest BCUT2D eigenvalue weighted by Gasteiger charge is -2.15. The minimum atomic E-state index is -0.209. The van der Waals surface area contributed by atoms with Crippen LogP contribution in [-0.4, -0.2) is 17.5 Å². The fraction of sp³-hybridized carbons (Fsp3) is 0.389. The number of benzene rings is 1. The second-order valence-electron chi connectivity index (χ2n) is 6.54. The van der Waals surface area contributed by atoms with E-state index in [1.165, 1.54) is 0 Å². The van der Waals surface area contributed by atoms with E-state index >= 15 is 0 Å². The Kier molecular flexibility index (Phi) is 5.58. The number of nitrogens with zero attached hydrogens (tertiary/aromatic N) is 2. The molecule has 2 aromatic rings. The molecule has 1 N–H and O–H groups in total. The number of hydrogen-bond donors (Lipinski definition) is 1. The van der Waals surface area contributed by atoms with Gasteiger partial charge in [-0.05, 0) is 31.2 Å². The van der Waals surface area contributed by atoms with E-state index in [9.17, 15) is 4.79 Å². The van der Waals surface area contributed by atoms with Crippen molar-refractivity contribution in [3.8, 4) is 11.8 Å². The molecule has 0 saturated carbocycles. The molecule has 0 fully saturated rings. The molecular weight excluding hydrogens is 322 g/mol. The lowest BCUT2D eigenvalue weighted by Crippen LogP contribution is -2.31. The van der Waals surface area contributed by atoms with Gasteiger partial charge in [0.05, 0.1) is 23.4 Å². The number of nitrogens with one attached hydrogen (secondary N) is 1. The second-order valence-corrected chi connectivity index (χ2v) is 7.42. The highest BCUT2D eigenvalue weighted by molar-refractivity contribution is 7.09. The Bertz CT molecular complexity index is 739. The average Bonchev–Trinajstić information content (AvgIpc) is 3.04. The quantitative estimate of drug-likeness (QED) is 0.900. The number of ether oxygens (including phenoxy) is 1. The van der Waals surface area contributed by atoms with Crippen LogP contribution < -0.4 is 10.1 Å². The first kappa shape index (κ1) is 18.0. The molecule has 0 bridgehead atoms. The third-order valence-electron chi connectivity index (χ3n) is 3.39. The molecular formula is C18H21N3O2S. The molecule has 6 heteroatoms. The molecule has 0 spiro atoms. The van der Waals surface area contributed by atoms with E-state index in [4.69, 9.17) is 10.00 Å². The van der Waals surface area contributed by atoms with Gasteiger partial charge in [0.15, 0.2) is 6.61 Å². The lowest BCUT2D eigenvalue weighted by atomic mass is 9.93. The Hall–Kier alpha value is -2.39. The summed E-state index contributed by atoms with van der Waals surface area (Å²) in [6.45, 7) is 8.17. The van der Waals surface area contributed by atoms with Crippen molar-refractivity contribution in [3.05, 3.63) is 45.9 Å². The van der Waals surface area contributed by atoms with Gasteiger partial charge < -0.3 is 10.1 Å². The van der Waals surface area contributed by atoms with E-state index < -0.39 is 0 Å². The van der Waals surface area contributed by atoms with Crippen LogP contribution in [0, 0.1) is 11.3 Å². The molecule has 1 aromatic heterocycles. The van der Waals surface area contributed by atoms with Crippen LogP contribution in [-0.2, 0) is 10.2 Å². The Morgan fingerprint density at radius 2 is 2.04 bits per heavy atom. The standard InChI is InChI=1S/C18H21N3O2S/c1-12(17-21-15(11-24-17)18(2,3)4)20-16(22)10-23-14-7-5-13(9-19)6-8-14/h5-8,11-12H,10H2,1-4H3,(H,20,22). The number of hydrogen-bond acceptors (Lipinski definition) is 5. The summed E-state index contributed by atoms with van der Waals surface area (Å²) in [6, 6.07) is 8.52. The maximum Gasteiger partial charge on any atom is 0.258 e. The number of thiazole rings is 1. The van der Waals surface area contributed by atoms with Gasteiger partial charge in [-0.2, -0.15) is 5.26 Å². The molecule has 0 aliphatic heterocycles. The SMILES string of the molecule is CC(NC(=O)COc1ccc(C#N)cc1)c1nc(C(C)(C)C)cs1. The van der Waals surface area contributed by atoms with Gasteiger partial charge in [-0.25, -0.2) is 4.98 Å². The number of aromatic nitrogens is 1. The summed E-state index contributed by atoms with van der Waals surface area (Å²) in [5, 5.41) is 14.5. The molecule has 1 amide bonds. The van der Waals surface area contributed by atoms with Crippen LogP contribution in [0.4, 0.5) is 0 Å². The first-order valence-corrected chi connectivity index (χ1v) is 8.56. The minimum absolute atomic E-state index is 0.00280. The van der Waals surface area contributed by atoms with Crippen LogP contribution in [0.25, 0.3) is 0 Å². The van der Waals surface area contributed by atoms with Crippen molar-refractivity contribution in [1.82, 2.24) is 10.3 Å². The van der Waals surface area contributed by atoms with Gasteiger partial charge in [-0.1, -0.05) is 20.8 Å². The number of rotatable bonds is 5. The van der Waals surface area contributed by atoms with Crippen molar-refractivity contribution in [2.75, 3.05) is 6.61 Å². The maximum atomic E-state index is 12.0. The highest BCUT2D eigenvalue weighted by Gasteiger charge is 2.20. The van der Waals surface area contributed by atoms with Crippen LogP contribution in [0.5, 0.6) is 5.75 Å². The molecule has 1 unspecified atom stereocenters. The third kappa shape index (κ3) is 4.80. The summed E-state index contributed by atoms with van der Waals surface area (Å²) < 4.78 is 5.43. The fourth-order valence-electron chi connectivity index (χ4n) is 1.95. The van der Waals surface area contributed by atoms with Crippen LogP contribution in [0.2, 0.25) is 0 Å². The molecule has 0 aliphatic rings. The van der Waals surface area contributed by atoms with Crippen molar-refractivity contribution in [2.24, 2.45) is 0 Å². The average molecular weight is 343 g/mol. The first-order valence-electron chi connectivity index (χ1n) is 7.68. The highest BCUT2D eigenvalue weighted by atomic mass is 32.1. The predicted octanol–water partition coefficient (Wildman–Crippen LogP) is 3.57. The van der Waals surface area contributed by atoms with Crippen molar-refractivity contribution in [1.29, 1.82) is 5.26 Å². The Morgan fingerprint density at radius 3 is 2.58 bits per heavy atom. The molecule has 1 aromatic carbocycles. The number of carbonyl (C=O) groups is 1. The van der Waals surface area contributed by atoms with Crippen molar-refractivity contribution < 1.29 is 9.53 Å². The van der Waals surface area contributed by atoms with Crippen molar-refractivity contribution in [3.63, 3.8) is 0 Å². The summed E-state index contributed by atoms with van der Waals surface area (Å²) in [6.07, 6.45) is 0. The van der Waals surface area contributed by atoms with E-state index in [-0.39, 0.29) is 24.0 Å². The zero-order chi connectivity index (χ0) is 17.7. The number of nitriles is 1. The largest absolute Gasteiger partial charge is 0.484 e. The molecule has 5 nitrogen and oxygen atoms in total. The van der Waals surface area contributed by atoms with Crippen LogP contribution in [0.1, 0.15) is 50.0 Å². The Morgan fingerprint density at radius 1 is 1.38 bits per heavy atom. The van der Waals surface area contributed by atoms with E-state index in [2.05, 4.69) is 31.1 Å². The van der Waals surface area contributed by atoms with Crippen LogP contribution in [0.3, 0.4) is 0 Å². The van der Waals surface area contributed by atoms with Gasteiger partial charge >= 0.3 is 0 Å². The van der Waals surface area contributed by atoms with Gasteiger partial charge in [0.2, 0.25) is 0 Å². The number of amides is 1. The van der Waals surface area contributed by atoms with Gasteiger partial charge in [0, 0.05) is 10.8 Å². The maximum absolute atomic E-state index is 12.0. The lowest BCUT2D eigenvalue weighted by molar-refractivity contribution is -0.123. The third-order valence-corrected chi connectivity index (χ3v) is 4.42. The fourth-order valence-corrected chi connectivity index (χ4v) is 3.00. The van der Waals surface area contributed by atoms with E-state index in [1.54, 1.807) is 35.6 Å². The minimum Gasteiger partial charge on any atom is -0.484 e. The summed E-state index contributed by atoms with van der Waals surface area (Å²) in [5.41, 5.74) is 1.58. The molecule has 0 saturated heterocycles. The normalized spacial score (nSPS) is 12.3. The molecule has 126 valence electrons. The van der Waals surface area contributed by atoms with E-state index in [0.29, 0.717) is 11.3 Å². The monoisotopic (exact) mass is 343 g/mol. The molecule has 2 rings (SSSR count). The van der Waals surface area contributed by atoms with E-state index in [1.807, 2.05) is 18.4 Å². The summed E-state index contributed by atoms with van der Waals surface area (Å²) in [7, 11) is 0. The first-order chi connectivity index (χ1) is 11.3. The van der Waals surface area contributed by atoms with Gasteiger partial charge in [0.25, 0.3) is 5.91 Å². The Labute approximate surface area is 146 Å². The van der Waals surface area contributed by atoms with E-state index in [0.717, 1.165) is 10.7 Å². The summed E-state index contributed by atoms with van der Waals surface area (Å²) in [4.78, 5) is 16.6. The van der Waals surface area contributed by atoms with Crippen molar-refractivity contribution in [2.45, 2.75) is 39.2 Å². The zero-order valence-electron chi connectivity index (χ0n) is 14.3. The molecule has 0 radical (unpaired) electrons. The zero-order valence-corrected chi connectivity index (χ0v) is 15.1. The van der Waals surface area contributed by atoms with Gasteiger partial charge in [-0.3, -0.25) is 4.79 Å². The molecule has 1 atom stereocenters. The second kappa shape index (κ2) is 7.45. The topological polar surface area (TPSA) is 75.0 Å². The predicted molar refractivity (Wildman–Crippen MR) is 94.0 cm³/mol. The molecule has 1 heterocycles. The van der Waals surface area contributed by atoms with Crippen LogP contribution >= 0.6 is 11.3 Å². The summed E-state index contributed by atoms with van der Waals surface area (Å²) >= 11 is 1.55. The smallest absolute Gasteiger partial charge is 0.258 e. The molecule has 24 heavy (non-hydrogen) atoms. The van der Waals surface area contributed by atoms with Crippen LogP contribution in [0.15, 0.2) is 29.6 Å². The van der Waals surface area contributed by atoms with Gasteiger partial charge in [0.1, 0.15) is 10.8 Å². The Balaban J connectivity index is 1.87. The van der Waals surface area contributed by atoms with Crippen molar-refractivity contribution >= 4 is 17.2 Å². The highest BCUT2D eigenvalue weighted by Crippen LogP contribution is 2.26. The molecule has 0 aliphatic carbocycles. The van der Waals surface area contributed by atoms with Gasteiger partial charge in [-0.15, -0.1) is 11.3 Å². The number of carbonyl (C=O) groups excluding carboxylic acids is 1.